The number of benzene rings is 2. The second-order valence-electron chi connectivity index (χ2n) is 5.47. The molecular weight excluding hydrogens is 324 g/mol. The summed E-state index contributed by atoms with van der Waals surface area (Å²) in [5, 5.41) is 0.651. The predicted molar refractivity (Wildman–Crippen MR) is 94.6 cm³/mol. The number of hydrogen-bond donors (Lipinski definition) is 0. The van der Waals surface area contributed by atoms with Gasteiger partial charge in [-0.05, 0) is 30.2 Å². The number of ether oxygens (including phenoxy) is 1. The van der Waals surface area contributed by atoms with Gasteiger partial charge in [0.25, 0.3) is 5.56 Å². The van der Waals surface area contributed by atoms with Crippen LogP contribution in [-0.4, -0.2) is 9.55 Å². The van der Waals surface area contributed by atoms with Crippen molar-refractivity contribution < 1.29 is 4.74 Å². The lowest BCUT2D eigenvalue weighted by Crippen LogP contribution is -2.24. The number of aryl methyl sites for hydroxylation is 1. The van der Waals surface area contributed by atoms with E-state index in [1.807, 2.05) is 48.5 Å². The minimum absolute atomic E-state index is 0.132. The van der Waals surface area contributed by atoms with Gasteiger partial charge in [-0.15, -0.1) is 0 Å². The zero-order valence-electron chi connectivity index (χ0n) is 13.3. The van der Waals surface area contributed by atoms with Gasteiger partial charge in [-0.1, -0.05) is 54.1 Å². The number of halogens is 1. The van der Waals surface area contributed by atoms with Crippen molar-refractivity contribution >= 4 is 11.6 Å². The Hall–Kier alpha value is -2.59. The molecular formula is C19H17ClN2O2. The highest BCUT2D eigenvalue weighted by Crippen LogP contribution is 2.13. The molecule has 0 fully saturated rings. The predicted octanol–water partition coefficient (Wildman–Crippen LogP) is 3.83. The molecule has 122 valence electrons. The molecule has 0 saturated heterocycles. The van der Waals surface area contributed by atoms with Crippen molar-refractivity contribution in [2.75, 3.05) is 0 Å². The Morgan fingerprint density at radius 3 is 2.50 bits per heavy atom. The minimum atomic E-state index is -0.132. The molecule has 1 heterocycles. The Kier molecular flexibility index (Phi) is 4.96. The largest absolute Gasteiger partial charge is 0.473 e. The van der Waals surface area contributed by atoms with Crippen molar-refractivity contribution in [2.45, 2.75) is 20.1 Å². The molecule has 0 N–H and O–H groups in total. The number of rotatable bonds is 5. The summed E-state index contributed by atoms with van der Waals surface area (Å²) in [6.45, 7) is 2.61. The van der Waals surface area contributed by atoms with E-state index in [2.05, 4.69) is 4.98 Å². The third kappa shape index (κ3) is 4.03. The van der Waals surface area contributed by atoms with E-state index in [0.717, 1.165) is 11.1 Å². The fourth-order valence-electron chi connectivity index (χ4n) is 2.41. The van der Waals surface area contributed by atoms with Crippen molar-refractivity contribution in [3.63, 3.8) is 0 Å². The van der Waals surface area contributed by atoms with Gasteiger partial charge in [-0.3, -0.25) is 9.36 Å². The van der Waals surface area contributed by atoms with Crippen LogP contribution in [0, 0.1) is 6.92 Å². The molecule has 4 nitrogen and oxygen atoms in total. The van der Waals surface area contributed by atoms with Crippen LogP contribution in [0.5, 0.6) is 5.88 Å². The second kappa shape index (κ2) is 7.32. The molecule has 1 aromatic heterocycles. The highest BCUT2D eigenvalue weighted by molar-refractivity contribution is 6.30. The fraction of sp³-hybridized carbons (Fsp3) is 0.158. The maximum Gasteiger partial charge on any atom is 0.257 e. The maximum atomic E-state index is 12.4. The summed E-state index contributed by atoms with van der Waals surface area (Å²) in [7, 11) is 0. The molecule has 2 aromatic carbocycles. The van der Waals surface area contributed by atoms with E-state index in [1.165, 1.54) is 6.07 Å². The topological polar surface area (TPSA) is 44.1 Å². The zero-order chi connectivity index (χ0) is 16.9. The van der Waals surface area contributed by atoms with Crippen LogP contribution >= 0.6 is 11.6 Å². The molecule has 5 heteroatoms. The summed E-state index contributed by atoms with van der Waals surface area (Å²) in [5.74, 6) is 0.939. The molecule has 0 radical (unpaired) electrons. The monoisotopic (exact) mass is 340 g/mol. The van der Waals surface area contributed by atoms with E-state index in [1.54, 1.807) is 17.6 Å². The lowest BCUT2D eigenvalue weighted by Gasteiger charge is -2.11. The third-order valence-corrected chi connectivity index (χ3v) is 3.87. The van der Waals surface area contributed by atoms with Crippen LogP contribution in [0.2, 0.25) is 5.02 Å². The number of aromatic nitrogens is 2. The van der Waals surface area contributed by atoms with Gasteiger partial charge in [0.15, 0.2) is 0 Å². The van der Waals surface area contributed by atoms with Crippen molar-refractivity contribution in [1.82, 2.24) is 9.55 Å². The highest BCUT2D eigenvalue weighted by atomic mass is 35.5. The van der Waals surface area contributed by atoms with Gasteiger partial charge >= 0.3 is 0 Å². The Labute approximate surface area is 145 Å². The third-order valence-electron chi connectivity index (χ3n) is 3.63. The smallest absolute Gasteiger partial charge is 0.257 e. The molecule has 0 spiro atoms. The average molecular weight is 341 g/mol. The standard InChI is InChI=1S/C19H17ClN2O2/c1-14-21-18(24-13-16-8-5-9-17(20)10-16)11-19(23)22(14)12-15-6-3-2-4-7-15/h2-11H,12-13H2,1H3. The van der Waals surface area contributed by atoms with E-state index in [4.69, 9.17) is 16.3 Å². The van der Waals surface area contributed by atoms with Crippen molar-refractivity contribution in [3.8, 4) is 5.88 Å². The average Bonchev–Trinajstić information content (AvgIpc) is 2.57. The second-order valence-corrected chi connectivity index (χ2v) is 5.91. The highest BCUT2D eigenvalue weighted by Gasteiger charge is 2.07. The van der Waals surface area contributed by atoms with Gasteiger partial charge in [-0.2, -0.15) is 0 Å². The minimum Gasteiger partial charge on any atom is -0.473 e. The van der Waals surface area contributed by atoms with E-state index >= 15 is 0 Å². The van der Waals surface area contributed by atoms with Crippen molar-refractivity contribution in [1.29, 1.82) is 0 Å². The first-order chi connectivity index (χ1) is 11.6. The van der Waals surface area contributed by atoms with E-state index in [9.17, 15) is 4.79 Å². The van der Waals surface area contributed by atoms with Crippen molar-refractivity contribution in [2.24, 2.45) is 0 Å². The van der Waals surface area contributed by atoms with Gasteiger partial charge in [0, 0.05) is 5.02 Å². The Morgan fingerprint density at radius 2 is 1.79 bits per heavy atom. The van der Waals surface area contributed by atoms with Crippen LogP contribution in [0.15, 0.2) is 65.5 Å². The lowest BCUT2D eigenvalue weighted by atomic mass is 10.2. The van der Waals surface area contributed by atoms with Gasteiger partial charge in [0.05, 0.1) is 12.6 Å². The lowest BCUT2D eigenvalue weighted by molar-refractivity contribution is 0.290. The summed E-state index contributed by atoms with van der Waals surface area (Å²) < 4.78 is 7.26. The van der Waals surface area contributed by atoms with Crippen LogP contribution in [0.25, 0.3) is 0 Å². The van der Waals surface area contributed by atoms with Gasteiger partial charge in [-0.25, -0.2) is 4.98 Å². The first-order valence-corrected chi connectivity index (χ1v) is 7.99. The molecule has 24 heavy (non-hydrogen) atoms. The van der Waals surface area contributed by atoms with Crippen LogP contribution in [-0.2, 0) is 13.2 Å². The molecule has 0 aliphatic carbocycles. The first kappa shape index (κ1) is 16.3. The maximum absolute atomic E-state index is 12.4. The van der Waals surface area contributed by atoms with Crippen LogP contribution in [0.3, 0.4) is 0 Å². The number of hydrogen-bond acceptors (Lipinski definition) is 3. The van der Waals surface area contributed by atoms with Gasteiger partial charge in [0.1, 0.15) is 12.4 Å². The van der Waals surface area contributed by atoms with E-state index in [-0.39, 0.29) is 5.56 Å². The molecule has 0 atom stereocenters. The fourth-order valence-corrected chi connectivity index (χ4v) is 2.62. The summed E-state index contributed by atoms with van der Waals surface area (Å²) in [4.78, 5) is 16.7. The van der Waals surface area contributed by atoms with Gasteiger partial charge in [0.2, 0.25) is 5.88 Å². The molecule has 0 unspecified atom stereocenters. The summed E-state index contributed by atoms with van der Waals surface area (Å²) in [6, 6.07) is 18.6. The zero-order valence-corrected chi connectivity index (χ0v) is 14.0. The van der Waals surface area contributed by atoms with Crippen LogP contribution in [0.1, 0.15) is 17.0 Å². The van der Waals surface area contributed by atoms with Gasteiger partial charge < -0.3 is 4.74 Å². The van der Waals surface area contributed by atoms with Crippen LogP contribution in [0.4, 0.5) is 0 Å². The summed E-state index contributed by atoms with van der Waals surface area (Å²) >= 11 is 5.95. The Morgan fingerprint density at radius 1 is 1.04 bits per heavy atom. The SMILES string of the molecule is Cc1nc(OCc2cccc(Cl)c2)cc(=O)n1Cc1ccccc1. The van der Waals surface area contributed by atoms with Crippen molar-refractivity contribution in [3.05, 3.63) is 93.0 Å². The molecule has 3 rings (SSSR count). The van der Waals surface area contributed by atoms with E-state index < -0.39 is 0 Å². The summed E-state index contributed by atoms with van der Waals surface area (Å²) in [5.41, 5.74) is 1.85. The van der Waals surface area contributed by atoms with Crippen LogP contribution < -0.4 is 10.3 Å². The normalized spacial score (nSPS) is 10.6. The molecule has 0 amide bonds. The van der Waals surface area contributed by atoms with E-state index in [0.29, 0.717) is 29.9 Å². The quantitative estimate of drug-likeness (QED) is 0.709. The molecule has 0 bridgehead atoms. The number of nitrogens with zero attached hydrogens (tertiary/aromatic N) is 2. The Balaban J connectivity index is 1.76. The molecule has 3 aromatic rings. The Bertz CT molecular complexity index is 891. The molecule has 0 saturated carbocycles. The summed E-state index contributed by atoms with van der Waals surface area (Å²) in [6.07, 6.45) is 0. The molecule has 0 aliphatic heterocycles. The first-order valence-electron chi connectivity index (χ1n) is 7.61. The molecule has 0 aliphatic rings.